The van der Waals surface area contributed by atoms with E-state index in [-0.39, 0.29) is 29.9 Å². The molecule has 13 heteroatoms. The molecule has 2 amide bonds. The number of amides is 2. The summed E-state index contributed by atoms with van der Waals surface area (Å²) in [5.41, 5.74) is 5.79. The first-order chi connectivity index (χ1) is 19.7. The highest BCUT2D eigenvalue weighted by atomic mass is 32.3. The van der Waals surface area contributed by atoms with Crippen LogP contribution in [0.25, 0.3) is 5.57 Å². The average Bonchev–Trinajstić information content (AvgIpc) is 3.25. The number of para-hydroxylation sites is 1. The molecule has 1 atom stereocenters. The lowest BCUT2D eigenvalue weighted by Crippen LogP contribution is -2.32. The number of benzene rings is 2. The molecule has 2 aromatic carbocycles. The van der Waals surface area contributed by atoms with Crippen molar-refractivity contribution in [2.45, 2.75) is 32.6 Å². The topological polar surface area (TPSA) is 168 Å². The van der Waals surface area contributed by atoms with Crippen molar-refractivity contribution in [2.75, 3.05) is 19.1 Å². The van der Waals surface area contributed by atoms with Gasteiger partial charge in [0.05, 0.1) is 18.2 Å². The molecule has 2 heterocycles. The predicted molar refractivity (Wildman–Crippen MR) is 150 cm³/mol. The Morgan fingerprint density at radius 3 is 2.14 bits per heavy atom. The van der Waals surface area contributed by atoms with Crippen LogP contribution in [0.15, 0.2) is 65.9 Å². The summed E-state index contributed by atoms with van der Waals surface area (Å²) in [5, 5.41) is 10.8. The van der Waals surface area contributed by atoms with Gasteiger partial charge in [0.1, 0.15) is 0 Å². The van der Waals surface area contributed by atoms with Gasteiger partial charge < -0.3 is 14.8 Å². The summed E-state index contributed by atoms with van der Waals surface area (Å²) >= 11 is 0. The van der Waals surface area contributed by atoms with Gasteiger partial charge in [-0.2, -0.15) is 8.42 Å². The van der Waals surface area contributed by atoms with Crippen molar-refractivity contribution in [1.29, 1.82) is 0 Å². The van der Waals surface area contributed by atoms with E-state index in [1.165, 1.54) is 0 Å². The van der Waals surface area contributed by atoms with Gasteiger partial charge in [-0.25, -0.2) is 9.59 Å². The summed E-state index contributed by atoms with van der Waals surface area (Å²) in [6.45, 7) is 3.69. The molecule has 0 radical (unpaired) electrons. The van der Waals surface area contributed by atoms with Crippen LogP contribution >= 0.6 is 0 Å². The molecule has 2 N–H and O–H groups in total. The number of aliphatic carboxylic acids is 1. The number of hydrogen-bond donors (Lipinski definition) is 2. The number of carboxylic acid groups (broad SMARTS) is 1. The van der Waals surface area contributed by atoms with E-state index in [0.717, 1.165) is 35.2 Å². The zero-order valence-corrected chi connectivity index (χ0v) is 24.0. The number of carbonyl (C=O) groups excluding carboxylic acids is 3. The highest BCUT2D eigenvalue weighted by Crippen LogP contribution is 2.48. The normalized spacial score (nSPS) is 17.7. The minimum atomic E-state index is -4.16. The molecule has 2 aromatic rings. The van der Waals surface area contributed by atoms with Gasteiger partial charge in [-0.3, -0.25) is 18.3 Å². The number of aryl methyl sites for hydroxylation is 2. The van der Waals surface area contributed by atoms with Crippen LogP contribution in [0.2, 0.25) is 0 Å². The zero-order valence-electron chi connectivity index (χ0n) is 23.2. The Balaban J connectivity index is 0.000000612. The maximum absolute atomic E-state index is 12.7. The average molecular weight is 597 g/mol. The van der Waals surface area contributed by atoms with E-state index < -0.39 is 34.2 Å². The number of carboxylic acids is 1. The maximum Gasteiger partial charge on any atom is 0.397 e. The maximum atomic E-state index is 12.7. The van der Waals surface area contributed by atoms with Crippen molar-refractivity contribution in [2.24, 2.45) is 0 Å². The van der Waals surface area contributed by atoms with Crippen molar-refractivity contribution >= 4 is 45.4 Å². The number of rotatable bonds is 5. The van der Waals surface area contributed by atoms with Crippen LogP contribution in [0.3, 0.4) is 0 Å². The Hall–Kier alpha value is -4.59. The molecular weight excluding hydrogens is 568 g/mol. The van der Waals surface area contributed by atoms with Crippen molar-refractivity contribution < 1.29 is 46.3 Å². The number of hydrogen-bond acceptors (Lipinski definition) is 9. The second kappa shape index (κ2) is 11.7. The van der Waals surface area contributed by atoms with Crippen molar-refractivity contribution in [3.63, 3.8) is 0 Å². The van der Waals surface area contributed by atoms with Gasteiger partial charge in [0.2, 0.25) is 0 Å². The van der Waals surface area contributed by atoms with Gasteiger partial charge in [0.15, 0.2) is 0 Å². The number of allylic oxidation sites excluding steroid dienone is 4. The SMILES string of the molecule is COS(=O)(=O)O.Cc1cc(C(=O)ON2C(=O)CCC2=O)cc(C)c1C1C=CC=C2C1=C(C(=O)O)c1ccccc1N2C. The fourth-order valence-corrected chi connectivity index (χ4v) is 5.28. The predicted octanol–water partition coefficient (Wildman–Crippen LogP) is 3.49. The molecule has 2 aliphatic heterocycles. The number of imide groups is 1. The van der Waals surface area contributed by atoms with Gasteiger partial charge in [0, 0.05) is 48.3 Å². The third-order valence-corrected chi connectivity index (χ3v) is 7.48. The molecule has 5 rings (SSSR count). The van der Waals surface area contributed by atoms with E-state index in [9.17, 15) is 32.7 Å². The van der Waals surface area contributed by atoms with E-state index in [2.05, 4.69) is 4.18 Å². The lowest BCUT2D eigenvalue weighted by molar-refractivity contribution is -0.172. The molecule has 3 aliphatic rings. The summed E-state index contributed by atoms with van der Waals surface area (Å²) in [6, 6.07) is 10.7. The summed E-state index contributed by atoms with van der Waals surface area (Å²) in [5.74, 6) is -3.25. The van der Waals surface area contributed by atoms with Crippen LogP contribution in [-0.4, -0.2) is 61.1 Å². The van der Waals surface area contributed by atoms with Crippen LogP contribution in [0, 0.1) is 13.8 Å². The second-order valence-electron chi connectivity index (χ2n) is 9.66. The smallest absolute Gasteiger partial charge is 0.397 e. The molecule has 0 aromatic heterocycles. The number of carbonyl (C=O) groups is 4. The van der Waals surface area contributed by atoms with Gasteiger partial charge in [-0.1, -0.05) is 30.4 Å². The van der Waals surface area contributed by atoms with Crippen LogP contribution < -0.4 is 4.90 Å². The summed E-state index contributed by atoms with van der Waals surface area (Å²) < 4.78 is 29.7. The Morgan fingerprint density at radius 1 is 1.02 bits per heavy atom. The second-order valence-corrected chi connectivity index (χ2v) is 10.9. The van der Waals surface area contributed by atoms with Crippen LogP contribution in [-0.2, 0) is 33.8 Å². The first-order valence-electron chi connectivity index (χ1n) is 12.7. The van der Waals surface area contributed by atoms with Crippen molar-refractivity contribution in [1.82, 2.24) is 5.06 Å². The highest BCUT2D eigenvalue weighted by molar-refractivity contribution is 7.80. The standard InChI is InChI=1S/C28H24N2O6.CH4O4S/c1-15-13-17(28(35)36-30-22(31)11-12-23(30)32)14-16(2)24(15)19-8-6-10-21-25(19)26(27(33)34)18-7-4-5-9-20(18)29(21)3;1-5-6(2,3)4/h4-10,13-14,19H,11-12H2,1-3H3,(H,33,34);1H3,(H,2,3,4). The molecule has 12 nitrogen and oxygen atoms in total. The van der Waals surface area contributed by atoms with Gasteiger partial charge in [-0.05, 0) is 54.8 Å². The third kappa shape index (κ3) is 5.88. The quantitative estimate of drug-likeness (QED) is 0.383. The minimum absolute atomic E-state index is 0.0194. The first-order valence-corrected chi connectivity index (χ1v) is 14.0. The number of anilines is 1. The van der Waals surface area contributed by atoms with Crippen LogP contribution in [0.5, 0.6) is 0 Å². The van der Waals surface area contributed by atoms with E-state index >= 15 is 0 Å². The Labute approximate surface area is 242 Å². The third-order valence-electron chi connectivity index (χ3n) is 7.05. The number of likely N-dealkylation sites (N-methyl/N-ethyl adjacent to an activating group) is 1. The lowest BCUT2D eigenvalue weighted by atomic mass is 9.76. The first kappa shape index (κ1) is 30.4. The largest absolute Gasteiger partial charge is 0.478 e. The highest BCUT2D eigenvalue weighted by Gasteiger charge is 2.37. The molecule has 0 bridgehead atoms. The molecule has 1 fully saturated rings. The monoisotopic (exact) mass is 596 g/mol. The lowest BCUT2D eigenvalue weighted by Gasteiger charge is -2.37. The van der Waals surface area contributed by atoms with E-state index in [0.29, 0.717) is 16.2 Å². The molecule has 1 saturated heterocycles. The fraction of sp³-hybridized carbons (Fsp3) is 0.241. The van der Waals surface area contributed by atoms with Crippen LogP contribution in [0.4, 0.5) is 5.69 Å². The minimum Gasteiger partial charge on any atom is -0.478 e. The van der Waals surface area contributed by atoms with Gasteiger partial charge in [-0.15, -0.1) is 5.06 Å². The Morgan fingerprint density at radius 2 is 1.60 bits per heavy atom. The number of nitrogens with zero attached hydrogens (tertiary/aromatic N) is 2. The molecule has 1 aliphatic carbocycles. The molecular formula is C29H28N2O10S. The Kier molecular flexibility index (Phi) is 8.48. The summed E-state index contributed by atoms with van der Waals surface area (Å²) in [6.07, 6.45) is 5.82. The van der Waals surface area contributed by atoms with E-state index in [1.807, 2.05) is 68.3 Å². The number of fused-ring (bicyclic) bond motifs is 2. The number of hydroxylamine groups is 2. The van der Waals surface area contributed by atoms with Crippen molar-refractivity contribution in [3.05, 3.63) is 93.7 Å². The zero-order chi connectivity index (χ0) is 30.9. The fourth-order valence-electron chi connectivity index (χ4n) is 5.28. The summed E-state index contributed by atoms with van der Waals surface area (Å²) in [4.78, 5) is 56.0. The summed E-state index contributed by atoms with van der Waals surface area (Å²) in [7, 11) is -1.38. The Bertz CT molecular complexity index is 1670. The molecule has 0 spiro atoms. The van der Waals surface area contributed by atoms with E-state index in [1.54, 1.807) is 12.1 Å². The molecule has 42 heavy (non-hydrogen) atoms. The van der Waals surface area contributed by atoms with Crippen LogP contribution in [0.1, 0.15) is 51.4 Å². The molecule has 0 saturated carbocycles. The van der Waals surface area contributed by atoms with E-state index in [4.69, 9.17) is 9.39 Å². The van der Waals surface area contributed by atoms with Gasteiger partial charge >= 0.3 is 22.3 Å². The van der Waals surface area contributed by atoms with Gasteiger partial charge in [0.25, 0.3) is 11.8 Å². The molecule has 1 unspecified atom stereocenters. The molecule has 220 valence electrons. The van der Waals surface area contributed by atoms with Crippen molar-refractivity contribution in [3.8, 4) is 0 Å².